The van der Waals surface area contributed by atoms with Crippen molar-refractivity contribution in [1.29, 1.82) is 0 Å². The lowest BCUT2D eigenvalue weighted by atomic mass is 9.98. The van der Waals surface area contributed by atoms with Crippen LogP contribution in [-0.2, 0) is 6.54 Å². The third-order valence-electron chi connectivity index (χ3n) is 8.23. The number of aromatic nitrogens is 3. The van der Waals surface area contributed by atoms with Crippen molar-refractivity contribution < 1.29 is 19.1 Å². The van der Waals surface area contributed by atoms with Crippen LogP contribution in [-0.4, -0.2) is 91.9 Å². The summed E-state index contributed by atoms with van der Waals surface area (Å²) in [6.07, 6.45) is 6.53. The van der Waals surface area contributed by atoms with E-state index in [1.165, 1.54) is 31.4 Å². The normalized spacial score (nSPS) is 19.3. The molecule has 2 aromatic heterocycles. The molecule has 2 saturated heterocycles. The molecule has 11 heteroatoms. The van der Waals surface area contributed by atoms with E-state index in [-0.39, 0.29) is 24.9 Å². The number of hydrogen-bond acceptors (Lipinski definition) is 7. The summed E-state index contributed by atoms with van der Waals surface area (Å²) >= 11 is 0. The number of aliphatic hydroxyl groups is 1. The monoisotopic (exact) mass is 535 g/mol. The van der Waals surface area contributed by atoms with Crippen LogP contribution in [0.4, 0.5) is 15.8 Å². The van der Waals surface area contributed by atoms with Gasteiger partial charge in [0.25, 0.3) is 11.8 Å². The molecule has 6 rings (SSSR count). The molecule has 0 radical (unpaired) electrons. The van der Waals surface area contributed by atoms with Crippen LogP contribution in [0.3, 0.4) is 0 Å². The molecule has 10 nitrogen and oxygen atoms in total. The van der Waals surface area contributed by atoms with Gasteiger partial charge in [-0.1, -0.05) is 0 Å². The summed E-state index contributed by atoms with van der Waals surface area (Å²) in [7, 11) is 0. The number of amides is 2. The van der Waals surface area contributed by atoms with Gasteiger partial charge in [-0.05, 0) is 70.0 Å². The van der Waals surface area contributed by atoms with Crippen LogP contribution in [0.15, 0.2) is 36.8 Å². The maximum atomic E-state index is 14.7. The summed E-state index contributed by atoms with van der Waals surface area (Å²) in [6.45, 7) is 6.74. The fraction of sp³-hybridized carbons (Fsp3) is 0.500. The SMILES string of the molecule is CC(C)(O)C(F)CN1Cc2cc(NC(=O)c3cnn4cccnc34)c(N3CCC(N4CCC4)CC3)cc2C1=O. The van der Waals surface area contributed by atoms with Crippen molar-refractivity contribution in [3.05, 3.63) is 53.5 Å². The van der Waals surface area contributed by atoms with Crippen molar-refractivity contribution in [2.75, 3.05) is 42.9 Å². The van der Waals surface area contributed by atoms with Crippen LogP contribution in [0, 0.1) is 0 Å². The predicted molar refractivity (Wildman–Crippen MR) is 145 cm³/mol. The smallest absolute Gasteiger partial charge is 0.261 e. The number of likely N-dealkylation sites (tertiary alicyclic amines) is 1. The maximum absolute atomic E-state index is 14.7. The number of alkyl halides is 1. The van der Waals surface area contributed by atoms with E-state index in [2.05, 4.69) is 25.2 Å². The average Bonchev–Trinajstić information content (AvgIpc) is 3.43. The van der Waals surface area contributed by atoms with Crippen LogP contribution < -0.4 is 10.2 Å². The maximum Gasteiger partial charge on any atom is 0.261 e. The number of benzene rings is 1. The van der Waals surface area contributed by atoms with E-state index in [0.29, 0.717) is 28.5 Å². The van der Waals surface area contributed by atoms with E-state index >= 15 is 0 Å². The minimum Gasteiger partial charge on any atom is -0.387 e. The Hall–Kier alpha value is -3.57. The summed E-state index contributed by atoms with van der Waals surface area (Å²) < 4.78 is 16.2. The Morgan fingerprint density at radius 2 is 2.00 bits per heavy atom. The second-order valence-electron chi connectivity index (χ2n) is 11.3. The van der Waals surface area contributed by atoms with Crippen LogP contribution >= 0.6 is 0 Å². The molecule has 3 aromatic rings. The van der Waals surface area contributed by atoms with Crippen molar-refractivity contribution in [2.24, 2.45) is 0 Å². The zero-order valence-corrected chi connectivity index (χ0v) is 22.3. The summed E-state index contributed by atoms with van der Waals surface area (Å²) in [4.78, 5) is 37.2. The first kappa shape index (κ1) is 25.7. The molecule has 1 unspecified atom stereocenters. The van der Waals surface area contributed by atoms with Gasteiger partial charge in [0.1, 0.15) is 11.7 Å². The van der Waals surface area contributed by atoms with Gasteiger partial charge in [-0.15, -0.1) is 0 Å². The van der Waals surface area contributed by atoms with E-state index in [0.717, 1.165) is 50.3 Å². The molecule has 3 aliphatic heterocycles. The minimum absolute atomic E-state index is 0.205. The molecule has 0 bridgehead atoms. The summed E-state index contributed by atoms with van der Waals surface area (Å²) in [5, 5.41) is 17.4. The molecule has 0 aliphatic carbocycles. The van der Waals surface area contributed by atoms with Gasteiger partial charge in [-0.25, -0.2) is 13.9 Å². The lowest BCUT2D eigenvalue weighted by Crippen LogP contribution is -2.50. The first-order chi connectivity index (χ1) is 18.7. The van der Waals surface area contributed by atoms with Gasteiger partial charge in [0, 0.05) is 43.6 Å². The average molecular weight is 536 g/mol. The number of anilines is 2. The molecule has 0 spiro atoms. The molecule has 5 heterocycles. The number of nitrogens with one attached hydrogen (secondary N) is 1. The Bertz CT molecular complexity index is 1410. The Morgan fingerprint density at radius 3 is 2.69 bits per heavy atom. The highest BCUT2D eigenvalue weighted by Gasteiger charge is 2.36. The molecule has 3 aliphatic rings. The highest BCUT2D eigenvalue weighted by atomic mass is 19.1. The Kier molecular flexibility index (Phi) is 6.50. The number of nitrogens with zero attached hydrogens (tertiary/aromatic N) is 6. The largest absolute Gasteiger partial charge is 0.387 e. The highest BCUT2D eigenvalue weighted by molar-refractivity contribution is 6.10. The van der Waals surface area contributed by atoms with Crippen molar-refractivity contribution in [3.63, 3.8) is 0 Å². The number of carbonyl (C=O) groups is 2. The molecule has 2 fully saturated rings. The van der Waals surface area contributed by atoms with E-state index in [1.54, 1.807) is 23.0 Å². The molecule has 0 saturated carbocycles. The van der Waals surface area contributed by atoms with Crippen LogP contribution in [0.1, 0.15) is 59.4 Å². The van der Waals surface area contributed by atoms with Gasteiger partial charge < -0.3 is 25.1 Å². The summed E-state index contributed by atoms with van der Waals surface area (Å²) in [6, 6.07) is 5.97. The summed E-state index contributed by atoms with van der Waals surface area (Å²) in [5.74, 6) is -0.606. The van der Waals surface area contributed by atoms with Gasteiger partial charge in [-0.3, -0.25) is 9.59 Å². The third kappa shape index (κ3) is 4.85. The van der Waals surface area contributed by atoms with Gasteiger partial charge >= 0.3 is 0 Å². The van der Waals surface area contributed by atoms with Crippen molar-refractivity contribution in [2.45, 2.75) is 57.5 Å². The minimum atomic E-state index is -1.59. The Labute approximate surface area is 226 Å². The quantitative estimate of drug-likeness (QED) is 0.479. The van der Waals surface area contributed by atoms with Crippen LogP contribution in [0.5, 0.6) is 0 Å². The number of piperidine rings is 1. The fourth-order valence-corrected chi connectivity index (χ4v) is 5.69. The molecule has 1 atom stereocenters. The first-order valence-corrected chi connectivity index (χ1v) is 13.6. The van der Waals surface area contributed by atoms with Gasteiger partial charge in [0.15, 0.2) is 5.65 Å². The zero-order valence-electron chi connectivity index (χ0n) is 22.3. The van der Waals surface area contributed by atoms with Crippen molar-refractivity contribution in [3.8, 4) is 0 Å². The first-order valence-electron chi connectivity index (χ1n) is 13.6. The second kappa shape index (κ2) is 9.87. The van der Waals surface area contributed by atoms with Crippen LogP contribution in [0.25, 0.3) is 5.65 Å². The molecule has 39 heavy (non-hydrogen) atoms. The number of hydrogen-bond donors (Lipinski definition) is 2. The van der Waals surface area contributed by atoms with E-state index in [4.69, 9.17) is 0 Å². The number of fused-ring (bicyclic) bond motifs is 2. The Morgan fingerprint density at radius 1 is 1.23 bits per heavy atom. The molecule has 2 N–H and O–H groups in total. The van der Waals surface area contributed by atoms with E-state index in [1.807, 2.05) is 12.1 Å². The fourth-order valence-electron chi connectivity index (χ4n) is 5.69. The van der Waals surface area contributed by atoms with Crippen molar-refractivity contribution in [1.82, 2.24) is 24.4 Å². The molecular weight excluding hydrogens is 501 g/mol. The van der Waals surface area contributed by atoms with E-state index in [9.17, 15) is 19.1 Å². The zero-order chi connectivity index (χ0) is 27.3. The number of halogens is 1. The van der Waals surface area contributed by atoms with Gasteiger partial charge in [-0.2, -0.15) is 5.10 Å². The third-order valence-corrected chi connectivity index (χ3v) is 8.23. The topological polar surface area (TPSA) is 106 Å². The molecule has 206 valence electrons. The molecular formula is C28H34FN7O3. The number of carbonyl (C=O) groups excluding carboxylic acids is 2. The highest BCUT2D eigenvalue weighted by Crippen LogP contribution is 2.37. The van der Waals surface area contributed by atoms with Gasteiger partial charge in [0.05, 0.1) is 29.7 Å². The predicted octanol–water partition coefficient (Wildman–Crippen LogP) is 2.72. The van der Waals surface area contributed by atoms with Crippen LogP contribution in [0.2, 0.25) is 0 Å². The Balaban J connectivity index is 1.30. The lowest BCUT2D eigenvalue weighted by Gasteiger charge is -2.43. The lowest BCUT2D eigenvalue weighted by molar-refractivity contribution is -0.0159. The molecule has 1 aromatic carbocycles. The van der Waals surface area contributed by atoms with Gasteiger partial charge in [0.2, 0.25) is 0 Å². The van der Waals surface area contributed by atoms with Crippen molar-refractivity contribution >= 4 is 28.8 Å². The molecule has 2 amide bonds. The number of rotatable bonds is 7. The standard InChI is InChI=1S/C28H34FN7O3/c1-28(2,39)24(29)17-35-16-18-13-22(32-26(37)21-15-31-36-10-3-7-30-25(21)36)23(14-20(18)27(35)38)34-11-5-19(6-12-34)33-8-4-9-33/h3,7,10,13-15,19,24,39H,4-6,8-9,11-12,16-17H2,1-2H3,(H,32,37). The van der Waals surface area contributed by atoms with E-state index < -0.39 is 11.8 Å². The second-order valence-corrected chi connectivity index (χ2v) is 11.3. The summed E-state index contributed by atoms with van der Waals surface area (Å²) in [5.41, 5.74) is 1.86.